The second-order valence-electron chi connectivity index (χ2n) is 5.84. The van der Waals surface area contributed by atoms with Crippen LogP contribution in [0.1, 0.15) is 21.6 Å². The van der Waals surface area contributed by atoms with Crippen LogP contribution < -0.4 is 10.2 Å². The molecular weight excluding hydrogens is 385 g/mol. The third-order valence-electron chi connectivity index (χ3n) is 3.87. The first-order valence-corrected chi connectivity index (χ1v) is 8.34. The number of rotatable bonds is 5. The molecule has 0 aliphatic heterocycles. The molecule has 148 valence electrons. The standard InChI is InChI=1S/C20H15F3N4O2/c1-29-16-8-4-14(5-9-16)17-11-24-12-18(26-17)19(28)27-25-10-13-2-6-15(7-3-13)20(21,22)23/h2-12H,1H3,(H,27,28). The Hall–Kier alpha value is -3.75. The van der Waals surface area contributed by atoms with E-state index in [0.29, 0.717) is 17.0 Å². The maximum absolute atomic E-state index is 12.5. The SMILES string of the molecule is COc1ccc(-c2cncc(C(=O)NN=Cc3ccc(C(F)(F)F)cc3)n2)cc1. The summed E-state index contributed by atoms with van der Waals surface area (Å²) in [6, 6.07) is 11.5. The van der Waals surface area contributed by atoms with Crippen molar-refractivity contribution in [3.05, 3.63) is 77.7 Å². The highest BCUT2D eigenvalue weighted by Gasteiger charge is 2.29. The van der Waals surface area contributed by atoms with Crippen LogP contribution in [0.25, 0.3) is 11.3 Å². The highest BCUT2D eigenvalue weighted by molar-refractivity contribution is 5.93. The van der Waals surface area contributed by atoms with E-state index in [1.54, 1.807) is 31.4 Å². The van der Waals surface area contributed by atoms with Crippen molar-refractivity contribution in [3.8, 4) is 17.0 Å². The molecule has 1 amide bonds. The topological polar surface area (TPSA) is 76.5 Å². The van der Waals surface area contributed by atoms with Gasteiger partial charge in [-0.3, -0.25) is 9.78 Å². The van der Waals surface area contributed by atoms with Gasteiger partial charge in [-0.2, -0.15) is 18.3 Å². The second-order valence-corrected chi connectivity index (χ2v) is 5.84. The van der Waals surface area contributed by atoms with Crippen molar-refractivity contribution in [2.24, 2.45) is 5.10 Å². The number of hydrogen-bond acceptors (Lipinski definition) is 5. The van der Waals surface area contributed by atoms with E-state index in [-0.39, 0.29) is 5.69 Å². The van der Waals surface area contributed by atoms with Gasteiger partial charge in [-0.1, -0.05) is 12.1 Å². The number of amides is 1. The zero-order chi connectivity index (χ0) is 20.9. The minimum atomic E-state index is -4.41. The summed E-state index contributed by atoms with van der Waals surface area (Å²) in [5.41, 5.74) is 3.20. The fourth-order valence-electron chi connectivity index (χ4n) is 2.36. The van der Waals surface area contributed by atoms with Crippen LogP contribution in [0.2, 0.25) is 0 Å². The number of ether oxygens (including phenoxy) is 1. The van der Waals surface area contributed by atoms with Crippen LogP contribution in [0.15, 0.2) is 66.0 Å². The van der Waals surface area contributed by atoms with E-state index in [4.69, 9.17) is 4.74 Å². The molecule has 1 heterocycles. The first-order chi connectivity index (χ1) is 13.9. The molecule has 29 heavy (non-hydrogen) atoms. The van der Waals surface area contributed by atoms with Gasteiger partial charge in [0.15, 0.2) is 0 Å². The Bertz CT molecular complexity index is 1020. The van der Waals surface area contributed by atoms with Crippen LogP contribution in [0.5, 0.6) is 5.75 Å². The molecule has 0 bridgehead atoms. The number of nitrogens with one attached hydrogen (secondary N) is 1. The van der Waals surface area contributed by atoms with Crippen LogP contribution in [-0.4, -0.2) is 29.2 Å². The van der Waals surface area contributed by atoms with Gasteiger partial charge in [-0.25, -0.2) is 10.4 Å². The van der Waals surface area contributed by atoms with Gasteiger partial charge in [0.05, 0.1) is 37.0 Å². The number of aromatic nitrogens is 2. The lowest BCUT2D eigenvalue weighted by Crippen LogP contribution is -2.19. The summed E-state index contributed by atoms with van der Waals surface area (Å²) >= 11 is 0. The Labute approximate surface area is 164 Å². The lowest BCUT2D eigenvalue weighted by atomic mass is 10.1. The van der Waals surface area contributed by atoms with E-state index >= 15 is 0 Å². The molecule has 0 saturated carbocycles. The highest BCUT2D eigenvalue weighted by atomic mass is 19.4. The molecular formula is C20H15F3N4O2. The molecule has 1 aromatic heterocycles. The van der Waals surface area contributed by atoms with Crippen molar-refractivity contribution in [1.29, 1.82) is 0 Å². The molecule has 0 fully saturated rings. The summed E-state index contributed by atoms with van der Waals surface area (Å²) in [6.07, 6.45) is -0.365. The van der Waals surface area contributed by atoms with E-state index < -0.39 is 17.6 Å². The maximum Gasteiger partial charge on any atom is 0.416 e. The monoisotopic (exact) mass is 400 g/mol. The fraction of sp³-hybridized carbons (Fsp3) is 0.100. The first-order valence-electron chi connectivity index (χ1n) is 8.34. The quantitative estimate of drug-likeness (QED) is 0.520. The first kappa shape index (κ1) is 20.0. The predicted octanol–water partition coefficient (Wildman–Crippen LogP) is 3.93. The molecule has 0 radical (unpaired) electrons. The van der Waals surface area contributed by atoms with Gasteiger partial charge >= 0.3 is 6.18 Å². The van der Waals surface area contributed by atoms with Gasteiger partial charge < -0.3 is 4.74 Å². The van der Waals surface area contributed by atoms with Crippen LogP contribution in [-0.2, 0) is 6.18 Å². The average Bonchev–Trinajstić information content (AvgIpc) is 2.73. The molecule has 3 aromatic rings. The van der Waals surface area contributed by atoms with Gasteiger partial charge in [0.25, 0.3) is 5.91 Å². The Morgan fingerprint density at radius 2 is 1.76 bits per heavy atom. The molecule has 0 spiro atoms. The molecule has 3 rings (SSSR count). The lowest BCUT2D eigenvalue weighted by Gasteiger charge is -2.06. The van der Waals surface area contributed by atoms with Crippen LogP contribution in [0.4, 0.5) is 13.2 Å². The summed E-state index contributed by atoms with van der Waals surface area (Å²) in [6.45, 7) is 0. The molecule has 0 atom stereocenters. The molecule has 0 unspecified atom stereocenters. The van der Waals surface area contributed by atoms with Crippen molar-refractivity contribution >= 4 is 12.1 Å². The number of hydrogen-bond donors (Lipinski definition) is 1. The molecule has 2 aromatic carbocycles. The van der Waals surface area contributed by atoms with Gasteiger partial charge in [0, 0.05) is 5.56 Å². The number of alkyl halides is 3. The number of hydrazone groups is 1. The summed E-state index contributed by atoms with van der Waals surface area (Å²) in [5, 5.41) is 3.74. The minimum absolute atomic E-state index is 0.0443. The number of carbonyl (C=O) groups is 1. The van der Waals surface area contributed by atoms with E-state index in [0.717, 1.165) is 17.7 Å². The maximum atomic E-state index is 12.5. The largest absolute Gasteiger partial charge is 0.497 e. The highest BCUT2D eigenvalue weighted by Crippen LogP contribution is 2.28. The van der Waals surface area contributed by atoms with E-state index in [2.05, 4.69) is 20.5 Å². The third-order valence-corrected chi connectivity index (χ3v) is 3.87. The molecule has 9 heteroatoms. The molecule has 0 aliphatic rings. The number of benzene rings is 2. The number of methoxy groups -OCH3 is 1. The number of nitrogens with zero attached hydrogens (tertiary/aromatic N) is 3. The summed E-state index contributed by atoms with van der Waals surface area (Å²) < 4.78 is 42.7. The smallest absolute Gasteiger partial charge is 0.416 e. The summed E-state index contributed by atoms with van der Waals surface area (Å²) in [7, 11) is 1.56. The van der Waals surface area contributed by atoms with Gasteiger partial charge in [0.2, 0.25) is 0 Å². The summed E-state index contributed by atoms with van der Waals surface area (Å²) in [4.78, 5) is 20.5. The molecule has 0 saturated heterocycles. The van der Waals surface area contributed by atoms with Crippen molar-refractivity contribution in [1.82, 2.24) is 15.4 Å². The Kier molecular flexibility index (Phi) is 5.87. The predicted molar refractivity (Wildman–Crippen MR) is 101 cm³/mol. The number of halogens is 3. The zero-order valence-corrected chi connectivity index (χ0v) is 15.1. The van der Waals surface area contributed by atoms with Crippen LogP contribution in [0.3, 0.4) is 0 Å². The van der Waals surface area contributed by atoms with E-state index in [1.165, 1.54) is 30.7 Å². The van der Waals surface area contributed by atoms with Crippen LogP contribution >= 0.6 is 0 Å². The normalized spacial score (nSPS) is 11.4. The van der Waals surface area contributed by atoms with E-state index in [1.807, 2.05) is 0 Å². The van der Waals surface area contributed by atoms with Crippen molar-refractivity contribution < 1.29 is 22.7 Å². The lowest BCUT2D eigenvalue weighted by molar-refractivity contribution is -0.137. The van der Waals surface area contributed by atoms with Gasteiger partial charge in [0.1, 0.15) is 11.4 Å². The molecule has 1 N–H and O–H groups in total. The zero-order valence-electron chi connectivity index (χ0n) is 15.1. The van der Waals surface area contributed by atoms with Gasteiger partial charge in [-0.15, -0.1) is 0 Å². The summed E-state index contributed by atoms with van der Waals surface area (Å²) in [5.74, 6) is 0.0873. The van der Waals surface area contributed by atoms with E-state index in [9.17, 15) is 18.0 Å². The van der Waals surface area contributed by atoms with Crippen molar-refractivity contribution in [2.45, 2.75) is 6.18 Å². The Morgan fingerprint density at radius 3 is 2.38 bits per heavy atom. The second kappa shape index (κ2) is 8.51. The number of carbonyl (C=O) groups excluding carboxylic acids is 1. The van der Waals surface area contributed by atoms with Crippen molar-refractivity contribution in [3.63, 3.8) is 0 Å². The fourth-order valence-corrected chi connectivity index (χ4v) is 2.36. The van der Waals surface area contributed by atoms with Crippen molar-refractivity contribution in [2.75, 3.05) is 7.11 Å². The molecule has 0 aliphatic carbocycles. The molecule has 6 nitrogen and oxygen atoms in total. The van der Waals surface area contributed by atoms with Crippen LogP contribution in [0, 0.1) is 0 Å². The minimum Gasteiger partial charge on any atom is -0.497 e. The Morgan fingerprint density at radius 1 is 1.07 bits per heavy atom. The third kappa shape index (κ3) is 5.16. The van der Waals surface area contributed by atoms with Gasteiger partial charge in [-0.05, 0) is 42.0 Å². The average molecular weight is 400 g/mol. The Balaban J connectivity index is 1.67.